The number of carbonyl (C=O) groups excluding carboxylic acids is 2. The molecule has 2 N–H and O–H groups in total. The normalized spacial score (nSPS) is 12.0. The fourth-order valence-electron chi connectivity index (χ4n) is 3.53. The van der Waals surface area contributed by atoms with Gasteiger partial charge in [-0.15, -0.1) is 11.3 Å². The van der Waals surface area contributed by atoms with Gasteiger partial charge in [-0.05, 0) is 67.6 Å². The van der Waals surface area contributed by atoms with Gasteiger partial charge in [0.25, 0.3) is 11.8 Å². The molecule has 0 aliphatic heterocycles. The third-order valence-corrected chi connectivity index (χ3v) is 6.37. The molecule has 4 rings (SSSR count). The van der Waals surface area contributed by atoms with Gasteiger partial charge in [-0.3, -0.25) is 9.59 Å². The van der Waals surface area contributed by atoms with Crippen molar-refractivity contribution >= 4 is 33.8 Å². The number of hydrogen-bond donors (Lipinski definition) is 2. The van der Waals surface area contributed by atoms with E-state index in [0.29, 0.717) is 21.9 Å². The molecule has 1 aliphatic rings. The van der Waals surface area contributed by atoms with Crippen molar-refractivity contribution in [3.63, 3.8) is 0 Å². The Kier molecular flexibility index (Phi) is 6.01. The number of nitriles is 1. The standard InChI is InChI=1S/C24H21N3O3S/c1-15-5-2-3-7-20(15)26-23(29)16-9-11-17(12-10-16)30-14-22(28)27-24-19(13-25)18-6-4-8-21(18)31-24/h2-3,5,7,9-12H,4,6,8,14H2,1H3,(H,26,29)(H,27,28). The second-order valence-electron chi connectivity index (χ2n) is 7.30. The summed E-state index contributed by atoms with van der Waals surface area (Å²) in [4.78, 5) is 25.9. The van der Waals surface area contributed by atoms with Crippen molar-refractivity contribution in [1.82, 2.24) is 0 Å². The lowest BCUT2D eigenvalue weighted by molar-refractivity contribution is -0.118. The van der Waals surface area contributed by atoms with Crippen LogP contribution in [-0.2, 0) is 17.6 Å². The minimum absolute atomic E-state index is 0.178. The third kappa shape index (κ3) is 4.60. The number of ether oxygens (including phenoxy) is 1. The van der Waals surface area contributed by atoms with E-state index in [-0.39, 0.29) is 18.4 Å². The van der Waals surface area contributed by atoms with Gasteiger partial charge in [-0.2, -0.15) is 5.26 Å². The molecule has 156 valence electrons. The maximum Gasteiger partial charge on any atom is 0.262 e. The van der Waals surface area contributed by atoms with E-state index in [9.17, 15) is 14.9 Å². The van der Waals surface area contributed by atoms with E-state index < -0.39 is 0 Å². The second-order valence-corrected chi connectivity index (χ2v) is 8.41. The first-order valence-electron chi connectivity index (χ1n) is 9.99. The number of rotatable bonds is 6. The molecule has 1 aliphatic carbocycles. The zero-order valence-corrected chi connectivity index (χ0v) is 17.8. The molecule has 0 saturated carbocycles. The Hall–Kier alpha value is -3.63. The summed E-state index contributed by atoms with van der Waals surface area (Å²) in [6.45, 7) is 1.75. The number of carbonyl (C=O) groups is 2. The van der Waals surface area contributed by atoms with Gasteiger partial charge in [0.05, 0.1) is 5.56 Å². The number of amides is 2. The van der Waals surface area contributed by atoms with Crippen LogP contribution >= 0.6 is 11.3 Å². The van der Waals surface area contributed by atoms with Gasteiger partial charge < -0.3 is 15.4 Å². The lowest BCUT2D eigenvalue weighted by Crippen LogP contribution is -2.20. The predicted octanol–water partition coefficient (Wildman–Crippen LogP) is 4.69. The minimum Gasteiger partial charge on any atom is -0.484 e. The molecule has 0 fully saturated rings. The molecule has 2 aromatic carbocycles. The van der Waals surface area contributed by atoms with Crippen LogP contribution in [0.1, 0.15) is 38.3 Å². The van der Waals surface area contributed by atoms with Crippen molar-refractivity contribution in [2.45, 2.75) is 26.2 Å². The number of nitrogens with one attached hydrogen (secondary N) is 2. The summed E-state index contributed by atoms with van der Waals surface area (Å²) in [7, 11) is 0. The lowest BCUT2D eigenvalue weighted by Gasteiger charge is -2.09. The molecule has 0 radical (unpaired) electrons. The summed E-state index contributed by atoms with van der Waals surface area (Å²) in [6.07, 6.45) is 2.92. The van der Waals surface area contributed by atoms with Gasteiger partial charge in [0, 0.05) is 16.1 Å². The summed E-state index contributed by atoms with van der Waals surface area (Å²) >= 11 is 1.48. The number of para-hydroxylation sites is 1. The SMILES string of the molecule is Cc1ccccc1NC(=O)c1ccc(OCC(=O)Nc2sc3c(c2C#N)CCC3)cc1. The zero-order chi connectivity index (χ0) is 21.8. The Morgan fingerprint density at radius 1 is 1.10 bits per heavy atom. The van der Waals surface area contributed by atoms with E-state index in [4.69, 9.17) is 4.74 Å². The Labute approximate surface area is 184 Å². The van der Waals surface area contributed by atoms with Crippen molar-refractivity contribution in [2.24, 2.45) is 0 Å². The summed E-state index contributed by atoms with van der Waals surface area (Å²) in [5.74, 6) is -0.0528. The molecule has 0 atom stereocenters. The van der Waals surface area contributed by atoms with E-state index in [0.717, 1.165) is 36.1 Å². The van der Waals surface area contributed by atoms with Gasteiger partial charge in [0.2, 0.25) is 0 Å². The van der Waals surface area contributed by atoms with Crippen LogP contribution in [0.4, 0.5) is 10.7 Å². The highest BCUT2D eigenvalue weighted by Crippen LogP contribution is 2.38. The average molecular weight is 432 g/mol. The highest BCUT2D eigenvalue weighted by atomic mass is 32.1. The highest BCUT2D eigenvalue weighted by molar-refractivity contribution is 7.16. The molecule has 6 nitrogen and oxygen atoms in total. The van der Waals surface area contributed by atoms with Crippen molar-refractivity contribution in [3.8, 4) is 11.8 Å². The van der Waals surface area contributed by atoms with Crippen LogP contribution in [-0.4, -0.2) is 18.4 Å². The predicted molar refractivity (Wildman–Crippen MR) is 121 cm³/mol. The summed E-state index contributed by atoms with van der Waals surface area (Å²) in [5, 5.41) is 15.7. The first-order chi connectivity index (χ1) is 15.0. The smallest absolute Gasteiger partial charge is 0.262 e. The summed E-state index contributed by atoms with van der Waals surface area (Å²) < 4.78 is 5.54. The number of nitrogens with zero attached hydrogens (tertiary/aromatic N) is 1. The number of anilines is 2. The van der Waals surface area contributed by atoms with Crippen LogP contribution in [0, 0.1) is 18.3 Å². The fourth-order valence-corrected chi connectivity index (χ4v) is 4.79. The topological polar surface area (TPSA) is 91.2 Å². The minimum atomic E-state index is -0.321. The van der Waals surface area contributed by atoms with E-state index in [2.05, 4.69) is 16.7 Å². The molecule has 0 saturated heterocycles. The van der Waals surface area contributed by atoms with Crippen molar-refractivity contribution in [2.75, 3.05) is 17.2 Å². The number of fused-ring (bicyclic) bond motifs is 1. The maximum atomic E-state index is 12.4. The van der Waals surface area contributed by atoms with Crippen LogP contribution in [0.15, 0.2) is 48.5 Å². The third-order valence-electron chi connectivity index (χ3n) is 5.17. The van der Waals surface area contributed by atoms with Gasteiger partial charge in [-0.25, -0.2) is 0 Å². The van der Waals surface area contributed by atoms with E-state index in [1.165, 1.54) is 16.2 Å². The molecular weight excluding hydrogens is 410 g/mol. The Morgan fingerprint density at radius 2 is 1.87 bits per heavy atom. The van der Waals surface area contributed by atoms with Gasteiger partial charge in [0.1, 0.15) is 16.8 Å². The number of hydrogen-bond acceptors (Lipinski definition) is 5. The van der Waals surface area contributed by atoms with Crippen LogP contribution < -0.4 is 15.4 Å². The highest BCUT2D eigenvalue weighted by Gasteiger charge is 2.23. The molecule has 7 heteroatoms. The van der Waals surface area contributed by atoms with Crippen LogP contribution in [0.2, 0.25) is 0 Å². The molecule has 3 aromatic rings. The van der Waals surface area contributed by atoms with Gasteiger partial charge >= 0.3 is 0 Å². The van der Waals surface area contributed by atoms with Crippen LogP contribution in [0.3, 0.4) is 0 Å². The molecule has 31 heavy (non-hydrogen) atoms. The van der Waals surface area contributed by atoms with Gasteiger partial charge in [-0.1, -0.05) is 18.2 Å². The van der Waals surface area contributed by atoms with E-state index in [1.807, 2.05) is 31.2 Å². The summed E-state index contributed by atoms with van der Waals surface area (Å²) in [5.41, 5.74) is 3.89. The molecule has 2 amide bonds. The Morgan fingerprint density at radius 3 is 2.61 bits per heavy atom. The summed E-state index contributed by atoms with van der Waals surface area (Å²) in [6, 6.07) is 16.4. The molecule has 0 unspecified atom stereocenters. The van der Waals surface area contributed by atoms with Gasteiger partial charge in [0.15, 0.2) is 6.61 Å². The second kappa shape index (κ2) is 9.02. The Balaban J connectivity index is 1.32. The first kappa shape index (κ1) is 20.6. The number of aryl methyl sites for hydroxylation is 2. The molecule has 1 heterocycles. The number of thiophene rings is 1. The number of benzene rings is 2. The van der Waals surface area contributed by atoms with E-state index in [1.54, 1.807) is 24.3 Å². The zero-order valence-electron chi connectivity index (χ0n) is 17.0. The Bertz CT molecular complexity index is 1180. The largest absolute Gasteiger partial charge is 0.484 e. The maximum absolute atomic E-state index is 12.4. The monoisotopic (exact) mass is 431 g/mol. The molecular formula is C24H21N3O3S. The lowest BCUT2D eigenvalue weighted by atomic mass is 10.1. The van der Waals surface area contributed by atoms with Crippen LogP contribution in [0.25, 0.3) is 0 Å². The quantitative estimate of drug-likeness (QED) is 0.592. The van der Waals surface area contributed by atoms with Crippen molar-refractivity contribution < 1.29 is 14.3 Å². The first-order valence-corrected chi connectivity index (χ1v) is 10.8. The molecule has 0 spiro atoms. The molecule has 0 bridgehead atoms. The average Bonchev–Trinajstić information content (AvgIpc) is 3.35. The fraction of sp³-hybridized carbons (Fsp3) is 0.208. The van der Waals surface area contributed by atoms with E-state index >= 15 is 0 Å². The van der Waals surface area contributed by atoms with Crippen molar-refractivity contribution in [1.29, 1.82) is 5.26 Å². The van der Waals surface area contributed by atoms with Crippen LogP contribution in [0.5, 0.6) is 5.75 Å². The van der Waals surface area contributed by atoms with Crippen molar-refractivity contribution in [3.05, 3.63) is 75.7 Å². The molecule has 1 aromatic heterocycles.